The Hall–Kier alpha value is -1.16. The molecule has 2 rings (SSSR count). The van der Waals surface area contributed by atoms with Gasteiger partial charge in [0.15, 0.2) is 0 Å². The first-order valence-corrected chi connectivity index (χ1v) is 7.98. The van der Waals surface area contributed by atoms with E-state index in [1.807, 2.05) is 11.0 Å². The number of anilines is 1. The van der Waals surface area contributed by atoms with E-state index in [2.05, 4.69) is 48.8 Å². The number of rotatable bonds is 7. The second-order valence-electron chi connectivity index (χ2n) is 5.56. The molecule has 0 aliphatic carbocycles. The summed E-state index contributed by atoms with van der Waals surface area (Å²) >= 11 is 4.29. The number of amides is 1. The van der Waals surface area contributed by atoms with Crippen LogP contribution in [0.15, 0.2) is 30.3 Å². The van der Waals surface area contributed by atoms with Gasteiger partial charge in [0.25, 0.3) is 0 Å². The summed E-state index contributed by atoms with van der Waals surface area (Å²) in [6.07, 6.45) is 2.87. The van der Waals surface area contributed by atoms with E-state index in [-0.39, 0.29) is 0 Å². The van der Waals surface area contributed by atoms with Crippen LogP contribution in [0, 0.1) is 5.92 Å². The summed E-state index contributed by atoms with van der Waals surface area (Å²) in [5, 5.41) is 0. The van der Waals surface area contributed by atoms with Crippen molar-refractivity contribution in [3.63, 3.8) is 0 Å². The number of hydrogen-bond acceptors (Lipinski definition) is 3. The summed E-state index contributed by atoms with van der Waals surface area (Å²) in [6.45, 7) is 2.82. The lowest BCUT2D eigenvalue weighted by atomic mass is 10.1. The Morgan fingerprint density at radius 1 is 1.30 bits per heavy atom. The third-order valence-electron chi connectivity index (χ3n) is 3.92. The van der Waals surface area contributed by atoms with Crippen molar-refractivity contribution >= 4 is 24.2 Å². The maximum atomic E-state index is 11.8. The Morgan fingerprint density at radius 3 is 2.70 bits per heavy atom. The van der Waals surface area contributed by atoms with Crippen LogP contribution in [0.25, 0.3) is 0 Å². The van der Waals surface area contributed by atoms with Gasteiger partial charge in [-0.2, -0.15) is 12.6 Å². The molecule has 0 N–H and O–H groups in total. The summed E-state index contributed by atoms with van der Waals surface area (Å²) in [6, 6.07) is 10.4. The van der Waals surface area contributed by atoms with E-state index < -0.39 is 0 Å². The Balaban J connectivity index is 1.66. The lowest BCUT2D eigenvalue weighted by Gasteiger charge is -2.20. The van der Waals surface area contributed by atoms with Crippen molar-refractivity contribution in [2.45, 2.75) is 19.3 Å². The minimum atomic E-state index is 0.306. The lowest BCUT2D eigenvalue weighted by molar-refractivity contribution is -0.127. The molecular weight excluding hydrogens is 268 g/mol. The standard InChI is InChI=1S/C16H24N2OS/c1-17(15-7-3-2-4-8-15)9-5-6-10-18-12-14(13-20)11-16(18)19/h2-4,7-8,14,20H,5-6,9-13H2,1H3. The molecule has 1 amide bonds. The first-order chi connectivity index (χ1) is 9.70. The largest absolute Gasteiger partial charge is 0.375 e. The average Bonchev–Trinajstić information content (AvgIpc) is 2.85. The van der Waals surface area contributed by atoms with Crippen LogP contribution in [-0.4, -0.2) is 43.2 Å². The minimum Gasteiger partial charge on any atom is -0.375 e. The second kappa shape index (κ2) is 7.58. The van der Waals surface area contributed by atoms with Gasteiger partial charge >= 0.3 is 0 Å². The summed E-state index contributed by atoms with van der Waals surface area (Å²) < 4.78 is 0. The van der Waals surface area contributed by atoms with Gasteiger partial charge in [-0.1, -0.05) is 18.2 Å². The predicted octanol–water partition coefficient (Wildman–Crippen LogP) is 2.68. The number of hydrogen-bond donors (Lipinski definition) is 1. The van der Waals surface area contributed by atoms with Crippen LogP contribution in [0.1, 0.15) is 19.3 Å². The van der Waals surface area contributed by atoms with E-state index >= 15 is 0 Å². The molecule has 0 spiro atoms. The Bertz CT molecular complexity index is 424. The first kappa shape index (κ1) is 15.2. The fourth-order valence-corrected chi connectivity index (χ4v) is 2.90. The molecule has 1 saturated heterocycles. The van der Waals surface area contributed by atoms with Crippen molar-refractivity contribution in [3.05, 3.63) is 30.3 Å². The highest BCUT2D eigenvalue weighted by atomic mass is 32.1. The number of carbonyl (C=O) groups is 1. The molecule has 1 unspecified atom stereocenters. The molecule has 0 bridgehead atoms. The highest BCUT2D eigenvalue weighted by Crippen LogP contribution is 2.19. The quantitative estimate of drug-likeness (QED) is 0.617. The molecule has 1 fully saturated rings. The topological polar surface area (TPSA) is 23.6 Å². The molecular formula is C16H24N2OS. The van der Waals surface area contributed by atoms with Crippen LogP contribution in [0.2, 0.25) is 0 Å². The monoisotopic (exact) mass is 292 g/mol. The lowest BCUT2D eigenvalue weighted by Crippen LogP contribution is -2.27. The van der Waals surface area contributed by atoms with E-state index in [0.717, 1.165) is 38.2 Å². The molecule has 20 heavy (non-hydrogen) atoms. The van der Waals surface area contributed by atoms with Crippen molar-refractivity contribution in [1.29, 1.82) is 0 Å². The number of para-hydroxylation sites is 1. The van der Waals surface area contributed by atoms with Gasteiger partial charge < -0.3 is 9.80 Å². The maximum Gasteiger partial charge on any atom is 0.222 e. The van der Waals surface area contributed by atoms with Gasteiger partial charge in [-0.3, -0.25) is 4.79 Å². The molecule has 1 atom stereocenters. The predicted molar refractivity (Wildman–Crippen MR) is 87.5 cm³/mol. The van der Waals surface area contributed by atoms with Crippen LogP contribution in [0.3, 0.4) is 0 Å². The van der Waals surface area contributed by atoms with Gasteiger partial charge in [-0.05, 0) is 36.6 Å². The fourth-order valence-electron chi connectivity index (χ4n) is 2.66. The van der Waals surface area contributed by atoms with Gasteiger partial charge in [-0.25, -0.2) is 0 Å². The Labute approximate surface area is 127 Å². The summed E-state index contributed by atoms with van der Waals surface area (Å²) in [7, 11) is 2.12. The number of unbranched alkanes of at least 4 members (excludes halogenated alkanes) is 1. The van der Waals surface area contributed by atoms with Crippen LogP contribution in [0.5, 0.6) is 0 Å². The normalized spacial score (nSPS) is 18.6. The van der Waals surface area contributed by atoms with Gasteiger partial charge in [-0.15, -0.1) is 0 Å². The van der Waals surface area contributed by atoms with Crippen molar-refractivity contribution in [2.75, 3.05) is 37.3 Å². The van der Waals surface area contributed by atoms with Crippen molar-refractivity contribution in [2.24, 2.45) is 5.92 Å². The van der Waals surface area contributed by atoms with Crippen LogP contribution in [-0.2, 0) is 4.79 Å². The van der Waals surface area contributed by atoms with Crippen molar-refractivity contribution < 1.29 is 4.79 Å². The van der Waals surface area contributed by atoms with Gasteiger partial charge in [0, 0.05) is 38.8 Å². The average molecular weight is 292 g/mol. The van der Waals surface area contributed by atoms with Crippen LogP contribution in [0.4, 0.5) is 5.69 Å². The minimum absolute atomic E-state index is 0.306. The third-order valence-corrected chi connectivity index (χ3v) is 4.44. The summed E-state index contributed by atoms with van der Waals surface area (Å²) in [5.74, 6) is 1.58. The molecule has 3 nitrogen and oxygen atoms in total. The van der Waals surface area contributed by atoms with Crippen molar-refractivity contribution in [1.82, 2.24) is 4.90 Å². The highest BCUT2D eigenvalue weighted by Gasteiger charge is 2.27. The van der Waals surface area contributed by atoms with Crippen molar-refractivity contribution in [3.8, 4) is 0 Å². The molecule has 1 aromatic carbocycles. The van der Waals surface area contributed by atoms with Gasteiger partial charge in [0.05, 0.1) is 0 Å². The van der Waals surface area contributed by atoms with E-state index in [4.69, 9.17) is 0 Å². The number of nitrogens with zero attached hydrogens (tertiary/aromatic N) is 2. The molecule has 0 aromatic heterocycles. The third kappa shape index (κ3) is 4.17. The molecule has 1 aliphatic heterocycles. The SMILES string of the molecule is CN(CCCCN1CC(CS)CC1=O)c1ccccc1. The zero-order chi connectivity index (χ0) is 14.4. The Kier molecular flexibility index (Phi) is 5.77. The van der Waals surface area contributed by atoms with Crippen LogP contribution >= 0.6 is 12.6 Å². The smallest absolute Gasteiger partial charge is 0.222 e. The van der Waals surface area contributed by atoms with E-state index in [0.29, 0.717) is 18.2 Å². The van der Waals surface area contributed by atoms with Gasteiger partial charge in [0.1, 0.15) is 0 Å². The molecule has 110 valence electrons. The zero-order valence-electron chi connectivity index (χ0n) is 12.2. The first-order valence-electron chi connectivity index (χ1n) is 7.35. The number of thiol groups is 1. The number of benzene rings is 1. The summed E-state index contributed by atoms with van der Waals surface area (Å²) in [5.41, 5.74) is 1.25. The number of likely N-dealkylation sites (tertiary alicyclic amines) is 1. The second-order valence-corrected chi connectivity index (χ2v) is 5.92. The van der Waals surface area contributed by atoms with E-state index in [9.17, 15) is 4.79 Å². The summed E-state index contributed by atoms with van der Waals surface area (Å²) in [4.78, 5) is 16.0. The molecule has 1 aromatic rings. The molecule has 0 radical (unpaired) electrons. The fraction of sp³-hybridized carbons (Fsp3) is 0.562. The zero-order valence-corrected chi connectivity index (χ0v) is 13.1. The maximum absolute atomic E-state index is 11.8. The van der Waals surface area contributed by atoms with E-state index in [1.165, 1.54) is 5.69 Å². The highest BCUT2D eigenvalue weighted by molar-refractivity contribution is 7.80. The molecule has 0 saturated carbocycles. The molecule has 4 heteroatoms. The van der Waals surface area contributed by atoms with Crippen LogP contribution < -0.4 is 4.90 Å². The number of carbonyl (C=O) groups excluding carboxylic acids is 1. The molecule has 1 heterocycles. The van der Waals surface area contributed by atoms with E-state index in [1.54, 1.807) is 0 Å². The molecule has 1 aliphatic rings. The van der Waals surface area contributed by atoms with Gasteiger partial charge in [0.2, 0.25) is 5.91 Å². The Morgan fingerprint density at radius 2 is 2.05 bits per heavy atom.